The van der Waals surface area contributed by atoms with Crippen LogP contribution < -0.4 is 15.5 Å². The molecule has 0 saturated carbocycles. The van der Waals surface area contributed by atoms with Crippen LogP contribution >= 0.6 is 7.60 Å². The van der Waals surface area contributed by atoms with Gasteiger partial charge in [-0.15, -0.1) is 0 Å². The van der Waals surface area contributed by atoms with Crippen LogP contribution in [-0.2, 0) is 18.7 Å². The van der Waals surface area contributed by atoms with E-state index in [4.69, 9.17) is 0 Å². The summed E-state index contributed by atoms with van der Waals surface area (Å²) in [6.45, 7) is 4.34. The second kappa shape index (κ2) is 11.3. The average molecular weight is 353 g/mol. The van der Waals surface area contributed by atoms with E-state index in [0.717, 1.165) is 25.9 Å². The molecule has 0 radical (unpaired) electrons. The van der Waals surface area contributed by atoms with Crippen molar-refractivity contribution < 1.29 is 31.2 Å². The number of hydrogen-bond donors (Lipinski definition) is 2. The molecule has 2 unspecified atom stereocenters. The Bertz CT molecular complexity index is 459. The number of Topliss-reactive ketones (excluding diaryl/α,β-unsaturated/α-hetero) is 2. The summed E-state index contributed by atoms with van der Waals surface area (Å²) in [6.07, 6.45) is 2.97. The maximum absolute atomic E-state index is 11.6. The third-order valence-corrected chi connectivity index (χ3v) is 3.62. The molecular formula is C14H30N2O6P-. The first-order chi connectivity index (χ1) is 10.6. The highest BCUT2D eigenvalue weighted by Gasteiger charge is 2.18. The number of hydrogen-bond acceptors (Lipinski definition) is 6. The van der Waals surface area contributed by atoms with Gasteiger partial charge in [0.05, 0.1) is 12.6 Å². The molecule has 0 spiro atoms. The number of carbonyl (C=O) groups is 3. The van der Waals surface area contributed by atoms with E-state index in [1.54, 1.807) is 0 Å². The molecule has 0 saturated heterocycles. The summed E-state index contributed by atoms with van der Waals surface area (Å²) in [5.41, 5.74) is 0. The molecule has 2 amide bonds. The van der Waals surface area contributed by atoms with E-state index in [2.05, 4.69) is 15.2 Å². The largest absolute Gasteiger partial charge is 0.779 e. The normalized spacial score (nSPS) is 14.6. The lowest BCUT2D eigenvalue weighted by Gasteiger charge is -2.17. The van der Waals surface area contributed by atoms with Gasteiger partial charge in [-0.2, -0.15) is 0 Å². The molecule has 2 atom stereocenters. The molecule has 9 heteroatoms. The monoisotopic (exact) mass is 353 g/mol. The Morgan fingerprint density at radius 2 is 1.78 bits per heavy atom. The van der Waals surface area contributed by atoms with Gasteiger partial charge in [0, 0.05) is 22.5 Å². The lowest BCUT2D eigenvalue weighted by Crippen LogP contribution is -2.46. The fourth-order valence-corrected chi connectivity index (χ4v) is 2.27. The topological polar surface area (TPSA) is 125 Å². The quantitative estimate of drug-likeness (QED) is 0.404. The molecule has 138 valence electrons. The zero-order valence-corrected chi connectivity index (χ0v) is 14.8. The predicted molar refractivity (Wildman–Crippen MR) is 88.5 cm³/mol. The highest BCUT2D eigenvalue weighted by molar-refractivity contribution is 7.50. The van der Waals surface area contributed by atoms with Crippen molar-refractivity contribution in [2.75, 3.05) is 19.8 Å². The summed E-state index contributed by atoms with van der Waals surface area (Å²) in [6, 6.07) is -1.27. The van der Waals surface area contributed by atoms with Crippen molar-refractivity contribution >= 4 is 25.2 Å². The summed E-state index contributed by atoms with van der Waals surface area (Å²) in [4.78, 5) is 44.7. The summed E-state index contributed by atoms with van der Waals surface area (Å²) >= 11 is 0. The Balaban J connectivity index is -0.00000242. The molecule has 0 aromatic rings. The van der Waals surface area contributed by atoms with Crippen LogP contribution in [0.2, 0.25) is 0 Å². The predicted octanol–water partition coefficient (Wildman–Crippen LogP) is 1.47. The summed E-state index contributed by atoms with van der Waals surface area (Å²) < 4.78 is 15.4. The number of amides is 2. The van der Waals surface area contributed by atoms with Crippen molar-refractivity contribution in [1.82, 2.24) is 10.6 Å². The van der Waals surface area contributed by atoms with Gasteiger partial charge >= 0.3 is 6.03 Å². The van der Waals surface area contributed by atoms with Crippen molar-refractivity contribution in [2.45, 2.75) is 52.0 Å². The summed E-state index contributed by atoms with van der Waals surface area (Å²) in [5.74, 6) is -0.427. The Labute approximate surface area is 139 Å². The van der Waals surface area contributed by atoms with Gasteiger partial charge in [-0.1, -0.05) is 12.8 Å². The minimum absolute atomic E-state index is 0. The zero-order chi connectivity index (χ0) is 17.9. The van der Waals surface area contributed by atoms with Crippen LogP contribution in [0.1, 0.15) is 48.8 Å². The van der Waals surface area contributed by atoms with Crippen molar-refractivity contribution in [1.29, 1.82) is 0 Å². The van der Waals surface area contributed by atoms with E-state index in [1.807, 2.05) is 0 Å². The molecule has 0 aliphatic rings. The van der Waals surface area contributed by atoms with Crippen molar-refractivity contribution in [2.24, 2.45) is 0 Å². The Hall–Kier alpha value is -1.24. The van der Waals surface area contributed by atoms with Crippen LogP contribution in [0.25, 0.3) is 0 Å². The number of urea groups is 1. The van der Waals surface area contributed by atoms with E-state index in [1.165, 1.54) is 13.8 Å². The summed E-state index contributed by atoms with van der Waals surface area (Å²) in [5, 5.41) is 5.09. The average Bonchev–Trinajstić information content (AvgIpc) is 2.39. The molecule has 0 rings (SSSR count). The van der Waals surface area contributed by atoms with E-state index in [0.29, 0.717) is 13.0 Å². The smallest absolute Gasteiger partial charge is 0.315 e. The first-order valence-electron chi connectivity index (χ1n) is 7.59. The first-order valence-corrected chi connectivity index (χ1v) is 9.58. The molecule has 0 bridgehead atoms. The minimum atomic E-state index is -3.64. The Kier molecular flexibility index (Phi) is 10.7. The molecule has 0 aliphatic heterocycles. The zero-order valence-electron chi connectivity index (χ0n) is 13.9. The molecule has 23 heavy (non-hydrogen) atoms. The summed E-state index contributed by atoms with van der Waals surface area (Å²) in [7, 11) is -3.64. The van der Waals surface area contributed by atoms with Gasteiger partial charge in [-0.25, -0.2) is 4.79 Å². The van der Waals surface area contributed by atoms with Crippen LogP contribution in [0.4, 0.5) is 4.79 Å². The van der Waals surface area contributed by atoms with E-state index >= 15 is 0 Å². The van der Waals surface area contributed by atoms with Gasteiger partial charge in [0.25, 0.3) is 0 Å². The van der Waals surface area contributed by atoms with Gasteiger partial charge in [0.2, 0.25) is 0 Å². The molecule has 8 nitrogen and oxygen atoms in total. The molecule has 0 aliphatic carbocycles. The third-order valence-electron chi connectivity index (χ3n) is 2.97. The fourth-order valence-electron chi connectivity index (χ4n) is 1.81. The van der Waals surface area contributed by atoms with Crippen molar-refractivity contribution in [3.8, 4) is 0 Å². The molecule has 2 N–H and O–H groups in total. The van der Waals surface area contributed by atoms with Crippen LogP contribution in [0.15, 0.2) is 0 Å². The molecule has 0 heterocycles. The highest BCUT2D eigenvalue weighted by atomic mass is 31.2. The molecular weight excluding hydrogens is 323 g/mol. The third kappa shape index (κ3) is 14.1. The number of ketones is 2. The number of unbranched alkanes of at least 4 members (excludes halogenated alkanes) is 3. The van der Waals surface area contributed by atoms with Crippen LogP contribution in [-0.4, -0.2) is 43.5 Å². The minimum Gasteiger partial charge on any atom is -0.779 e. The van der Waals surface area contributed by atoms with Crippen molar-refractivity contribution in [3.63, 3.8) is 0 Å². The van der Waals surface area contributed by atoms with Crippen LogP contribution in [0.3, 0.4) is 0 Å². The molecule has 0 aromatic heterocycles. The number of rotatable bonds is 12. The van der Waals surface area contributed by atoms with Gasteiger partial charge in [-0.05, 0) is 26.7 Å². The van der Waals surface area contributed by atoms with E-state index < -0.39 is 19.7 Å². The van der Waals surface area contributed by atoms with E-state index in [-0.39, 0.29) is 27.4 Å². The Morgan fingerprint density at radius 3 is 2.30 bits per heavy atom. The maximum atomic E-state index is 11.6. The SMILES string of the molecule is CC(=O)CC(NC(=O)NCCCCCCOP(C)(=O)[O-])C(C)=O.[HH].[HH]. The second-order valence-corrected chi connectivity index (χ2v) is 7.29. The van der Waals surface area contributed by atoms with E-state index in [9.17, 15) is 23.8 Å². The first kappa shape index (κ1) is 21.8. The maximum Gasteiger partial charge on any atom is 0.315 e. The van der Waals surface area contributed by atoms with Crippen LogP contribution in [0.5, 0.6) is 0 Å². The van der Waals surface area contributed by atoms with Crippen LogP contribution in [0, 0.1) is 0 Å². The number of carbonyl (C=O) groups excluding carboxylic acids is 3. The fraction of sp³-hybridized carbons (Fsp3) is 0.786. The highest BCUT2D eigenvalue weighted by Crippen LogP contribution is 2.30. The molecule has 0 fully saturated rings. The number of nitrogens with one attached hydrogen (secondary N) is 2. The van der Waals surface area contributed by atoms with Gasteiger partial charge in [-0.3, -0.25) is 9.59 Å². The van der Waals surface area contributed by atoms with Crippen molar-refractivity contribution in [3.05, 3.63) is 0 Å². The second-order valence-electron chi connectivity index (χ2n) is 5.49. The standard InChI is InChI=1S/C14H27N2O6P.2H2/c1-11(17)10-13(12(2)18)16-14(19)15-8-6-4-5-7-9-22-23(3,20)21;;/h13H,4-10H2,1-3H3,(H,20,21)(H2,15,16,19);2*1H/p-1. The van der Waals surface area contributed by atoms with Gasteiger partial charge < -0.3 is 24.6 Å². The van der Waals surface area contributed by atoms with Gasteiger partial charge in [0.15, 0.2) is 5.78 Å². The lowest BCUT2D eigenvalue weighted by atomic mass is 10.1. The Morgan fingerprint density at radius 1 is 1.17 bits per heavy atom. The van der Waals surface area contributed by atoms with Gasteiger partial charge in [0.1, 0.15) is 13.4 Å². The molecule has 0 aromatic carbocycles. The lowest BCUT2D eigenvalue weighted by molar-refractivity contribution is -0.196.